The van der Waals surface area contributed by atoms with Crippen LogP contribution in [-0.4, -0.2) is 19.0 Å². The fourth-order valence-electron chi connectivity index (χ4n) is 1.86. The lowest BCUT2D eigenvalue weighted by atomic mass is 10.2. The van der Waals surface area contributed by atoms with Gasteiger partial charge in [-0.2, -0.15) is 0 Å². The van der Waals surface area contributed by atoms with Crippen LogP contribution in [0.25, 0.3) is 0 Å². The molecule has 3 nitrogen and oxygen atoms in total. The summed E-state index contributed by atoms with van der Waals surface area (Å²) in [5.41, 5.74) is 6.92. The summed E-state index contributed by atoms with van der Waals surface area (Å²) in [6.07, 6.45) is 0. The number of amides is 1. The lowest BCUT2D eigenvalue weighted by Crippen LogP contribution is -2.30. The number of nitrogens with zero attached hydrogens (tertiary/aromatic N) is 1. The number of rotatable bonds is 3. The van der Waals surface area contributed by atoms with E-state index in [9.17, 15) is 4.79 Å². The average molecular weight is 284 g/mol. The fraction of sp³-hybridized carbons (Fsp3) is 0.188. The van der Waals surface area contributed by atoms with Crippen LogP contribution in [0.15, 0.2) is 41.8 Å². The van der Waals surface area contributed by atoms with Crippen LogP contribution in [0.1, 0.15) is 22.2 Å². The third kappa shape index (κ3) is 3.27. The number of para-hydroxylation sites is 1. The Morgan fingerprint density at radius 2 is 2.10 bits per heavy atom. The lowest BCUT2D eigenvalue weighted by Gasteiger charge is -2.20. The zero-order valence-corrected chi connectivity index (χ0v) is 12.1. The van der Waals surface area contributed by atoms with Gasteiger partial charge in [0.2, 0.25) is 0 Å². The molecule has 0 aliphatic carbocycles. The molecular weight excluding hydrogens is 268 g/mol. The Hall–Kier alpha value is -2.09. The quantitative estimate of drug-likeness (QED) is 0.881. The third-order valence-electron chi connectivity index (χ3n) is 2.79. The highest BCUT2D eigenvalue weighted by molar-refractivity contribution is 7.10. The van der Waals surface area contributed by atoms with Crippen LogP contribution in [0.4, 0.5) is 5.69 Å². The molecule has 0 aliphatic rings. The maximum absolute atomic E-state index is 12.5. The maximum atomic E-state index is 12.5. The van der Waals surface area contributed by atoms with Gasteiger partial charge in [0.25, 0.3) is 5.91 Å². The molecule has 20 heavy (non-hydrogen) atoms. The van der Waals surface area contributed by atoms with Crippen LogP contribution in [0, 0.1) is 11.8 Å². The Bertz CT molecular complexity index is 637. The van der Waals surface area contributed by atoms with E-state index in [1.54, 1.807) is 4.90 Å². The van der Waals surface area contributed by atoms with E-state index in [2.05, 4.69) is 11.8 Å². The molecule has 2 rings (SSSR count). The summed E-state index contributed by atoms with van der Waals surface area (Å²) in [4.78, 5) is 15.1. The first-order chi connectivity index (χ1) is 9.76. The zero-order valence-electron chi connectivity index (χ0n) is 11.3. The van der Waals surface area contributed by atoms with E-state index in [-0.39, 0.29) is 5.91 Å². The molecule has 0 aliphatic heterocycles. The van der Waals surface area contributed by atoms with E-state index in [0.717, 1.165) is 10.6 Å². The van der Waals surface area contributed by atoms with Crippen molar-refractivity contribution in [1.82, 2.24) is 0 Å². The minimum absolute atomic E-state index is 0.00394. The SMILES string of the molecule is CCN(C(=O)c1csc(C#CCN)c1)c1ccccc1. The van der Waals surface area contributed by atoms with E-state index in [4.69, 9.17) is 5.73 Å². The second kappa shape index (κ2) is 6.90. The predicted molar refractivity (Wildman–Crippen MR) is 84.0 cm³/mol. The van der Waals surface area contributed by atoms with Crippen molar-refractivity contribution in [2.75, 3.05) is 18.0 Å². The summed E-state index contributed by atoms with van der Waals surface area (Å²) in [6, 6.07) is 11.5. The van der Waals surface area contributed by atoms with Gasteiger partial charge in [-0.15, -0.1) is 11.3 Å². The molecule has 1 aromatic heterocycles. The highest BCUT2D eigenvalue weighted by Gasteiger charge is 2.16. The molecule has 0 unspecified atom stereocenters. The smallest absolute Gasteiger partial charge is 0.259 e. The monoisotopic (exact) mass is 284 g/mol. The number of nitrogens with two attached hydrogens (primary N) is 1. The van der Waals surface area contributed by atoms with Crippen LogP contribution < -0.4 is 10.6 Å². The van der Waals surface area contributed by atoms with Gasteiger partial charge < -0.3 is 10.6 Å². The average Bonchev–Trinajstić information content (AvgIpc) is 2.96. The first kappa shape index (κ1) is 14.3. The highest BCUT2D eigenvalue weighted by atomic mass is 32.1. The summed E-state index contributed by atoms with van der Waals surface area (Å²) < 4.78 is 0. The molecule has 0 bridgehead atoms. The predicted octanol–water partition coefficient (Wildman–Crippen LogP) is 2.73. The van der Waals surface area contributed by atoms with Gasteiger partial charge in [-0.25, -0.2) is 0 Å². The van der Waals surface area contributed by atoms with Crippen LogP contribution in [0.5, 0.6) is 0 Å². The summed E-state index contributed by atoms with van der Waals surface area (Å²) in [5, 5.41) is 1.84. The molecule has 0 atom stereocenters. The normalized spacial score (nSPS) is 9.70. The number of thiophene rings is 1. The molecule has 2 N–H and O–H groups in total. The number of anilines is 1. The van der Waals surface area contributed by atoms with Crippen molar-refractivity contribution >= 4 is 22.9 Å². The van der Waals surface area contributed by atoms with Crippen LogP contribution in [-0.2, 0) is 0 Å². The molecule has 1 heterocycles. The van der Waals surface area contributed by atoms with Crippen LogP contribution >= 0.6 is 11.3 Å². The standard InChI is InChI=1S/C16H16N2OS/c1-2-18(14-7-4-3-5-8-14)16(19)13-11-15(20-12-13)9-6-10-17/h3-5,7-8,11-12H,2,10,17H2,1H3. The van der Waals surface area contributed by atoms with Gasteiger partial charge in [-0.05, 0) is 25.1 Å². The van der Waals surface area contributed by atoms with E-state index < -0.39 is 0 Å². The fourth-order valence-corrected chi connectivity index (χ4v) is 2.61. The highest BCUT2D eigenvalue weighted by Crippen LogP contribution is 2.20. The summed E-state index contributed by atoms with van der Waals surface area (Å²) in [5.74, 6) is 5.74. The first-order valence-corrected chi connectivity index (χ1v) is 7.28. The number of carbonyl (C=O) groups is 1. The van der Waals surface area contributed by atoms with Gasteiger partial charge in [-0.3, -0.25) is 4.79 Å². The Morgan fingerprint density at radius 1 is 1.35 bits per heavy atom. The third-order valence-corrected chi connectivity index (χ3v) is 3.63. The minimum atomic E-state index is -0.00394. The molecule has 0 spiro atoms. The second-order valence-corrected chi connectivity index (χ2v) is 5.00. The molecule has 0 radical (unpaired) electrons. The van der Waals surface area contributed by atoms with Gasteiger partial charge >= 0.3 is 0 Å². The van der Waals surface area contributed by atoms with Gasteiger partial charge in [0.05, 0.1) is 17.0 Å². The van der Waals surface area contributed by atoms with Crippen LogP contribution in [0.2, 0.25) is 0 Å². The molecule has 102 valence electrons. The number of hydrogen-bond donors (Lipinski definition) is 1. The molecule has 0 fully saturated rings. The summed E-state index contributed by atoms with van der Waals surface area (Å²) >= 11 is 1.46. The lowest BCUT2D eigenvalue weighted by molar-refractivity contribution is 0.0989. The summed E-state index contributed by atoms with van der Waals surface area (Å²) in [6.45, 7) is 2.92. The van der Waals surface area contributed by atoms with E-state index in [0.29, 0.717) is 18.7 Å². The number of benzene rings is 1. The molecule has 4 heteroatoms. The van der Waals surface area contributed by atoms with E-state index in [1.165, 1.54) is 11.3 Å². The van der Waals surface area contributed by atoms with E-state index >= 15 is 0 Å². The molecular formula is C16H16N2OS. The second-order valence-electron chi connectivity index (χ2n) is 4.09. The van der Waals surface area contributed by atoms with Crippen molar-refractivity contribution in [2.24, 2.45) is 5.73 Å². The van der Waals surface area contributed by atoms with Crippen molar-refractivity contribution in [1.29, 1.82) is 0 Å². The largest absolute Gasteiger partial charge is 0.320 e. The first-order valence-electron chi connectivity index (χ1n) is 6.40. The zero-order chi connectivity index (χ0) is 14.4. The van der Waals surface area contributed by atoms with Crippen molar-refractivity contribution in [2.45, 2.75) is 6.92 Å². The summed E-state index contributed by atoms with van der Waals surface area (Å²) in [7, 11) is 0. The Morgan fingerprint density at radius 3 is 2.75 bits per heavy atom. The minimum Gasteiger partial charge on any atom is -0.320 e. The van der Waals surface area contributed by atoms with Gasteiger partial charge in [0, 0.05) is 17.6 Å². The van der Waals surface area contributed by atoms with Gasteiger partial charge in [0.15, 0.2) is 0 Å². The molecule has 1 aromatic carbocycles. The Balaban J connectivity index is 2.23. The molecule has 1 amide bonds. The Labute approximate surface area is 123 Å². The molecule has 2 aromatic rings. The topological polar surface area (TPSA) is 46.3 Å². The molecule has 0 saturated carbocycles. The van der Waals surface area contributed by atoms with E-state index in [1.807, 2.05) is 48.7 Å². The Kier molecular flexibility index (Phi) is 4.94. The van der Waals surface area contributed by atoms with Crippen molar-refractivity contribution < 1.29 is 4.79 Å². The van der Waals surface area contributed by atoms with Crippen molar-refractivity contribution in [3.8, 4) is 11.8 Å². The molecule has 0 saturated heterocycles. The number of hydrogen-bond acceptors (Lipinski definition) is 3. The number of carbonyl (C=O) groups excluding carboxylic acids is 1. The van der Waals surface area contributed by atoms with Crippen LogP contribution in [0.3, 0.4) is 0 Å². The van der Waals surface area contributed by atoms with Gasteiger partial charge in [-0.1, -0.05) is 30.0 Å². The van der Waals surface area contributed by atoms with Crippen molar-refractivity contribution in [3.63, 3.8) is 0 Å². The van der Waals surface area contributed by atoms with Gasteiger partial charge in [0.1, 0.15) is 0 Å². The van der Waals surface area contributed by atoms with Crippen molar-refractivity contribution in [3.05, 3.63) is 52.2 Å². The maximum Gasteiger partial charge on any atom is 0.259 e.